The highest BCUT2D eigenvalue weighted by Crippen LogP contribution is 2.18. The van der Waals surface area contributed by atoms with Gasteiger partial charge in [0.2, 0.25) is 0 Å². The molecular formula is C45H86O4. The predicted molar refractivity (Wildman–Crippen MR) is 214 cm³/mol. The average Bonchev–Trinajstić information content (AvgIpc) is 3.08. The zero-order valence-electron chi connectivity index (χ0n) is 32.9. The van der Waals surface area contributed by atoms with E-state index in [2.05, 4.69) is 0 Å². The van der Waals surface area contributed by atoms with E-state index in [1.807, 2.05) is 0 Å². The van der Waals surface area contributed by atoms with Gasteiger partial charge < -0.3 is 10.2 Å². The lowest BCUT2D eigenvalue weighted by Crippen LogP contribution is -1.93. The lowest BCUT2D eigenvalue weighted by atomic mass is 10.0. The highest BCUT2D eigenvalue weighted by atomic mass is 16.4. The number of carboxylic acids is 2. The molecule has 0 rings (SSSR count). The van der Waals surface area contributed by atoms with Crippen LogP contribution in [0.4, 0.5) is 0 Å². The number of unbranched alkanes of at least 4 members (excludes halogenated alkanes) is 39. The minimum atomic E-state index is -0.831. The number of aliphatic carboxylic acids is 2. The van der Waals surface area contributed by atoms with Crippen LogP contribution >= 0.6 is 0 Å². The minimum Gasteiger partial charge on any atom is -0.481 e. The second-order valence-corrected chi connectivity index (χ2v) is 15.5. The first kappa shape index (κ1) is 47.7. The maximum atomic E-state index is 10.5. The second-order valence-electron chi connectivity index (χ2n) is 15.5. The van der Waals surface area contributed by atoms with Crippen molar-refractivity contribution in [3.63, 3.8) is 0 Å². The van der Waals surface area contributed by atoms with Gasteiger partial charge in [-0.25, -0.2) is 4.79 Å². The van der Waals surface area contributed by atoms with E-state index in [1.165, 1.54) is 237 Å². The van der Waals surface area contributed by atoms with Crippen LogP contribution < -0.4 is 0 Å². The first-order chi connectivity index (χ1) is 24.1. The van der Waals surface area contributed by atoms with Gasteiger partial charge in [-0.2, -0.15) is 0 Å². The summed E-state index contributed by atoms with van der Waals surface area (Å²) in [7, 11) is 0. The molecule has 4 heteroatoms. The molecule has 0 radical (unpaired) electrons. The fourth-order valence-corrected chi connectivity index (χ4v) is 7.26. The molecule has 0 unspecified atom stereocenters. The van der Waals surface area contributed by atoms with Gasteiger partial charge >= 0.3 is 11.9 Å². The number of carboxylic acid groups (broad SMARTS) is 2. The molecule has 0 bridgehead atoms. The summed E-state index contributed by atoms with van der Waals surface area (Å²) in [6.45, 7) is 0. The Hall–Kier alpha value is -1.32. The van der Waals surface area contributed by atoms with E-state index in [0.717, 1.165) is 25.7 Å². The van der Waals surface area contributed by atoms with Crippen molar-refractivity contribution in [3.8, 4) is 0 Å². The van der Waals surface area contributed by atoms with Gasteiger partial charge in [0, 0.05) is 12.5 Å². The van der Waals surface area contributed by atoms with Crippen LogP contribution in [0.25, 0.3) is 0 Å². The van der Waals surface area contributed by atoms with E-state index in [1.54, 1.807) is 6.08 Å². The third kappa shape index (κ3) is 46.7. The Kier molecular flexibility index (Phi) is 41.7. The van der Waals surface area contributed by atoms with E-state index in [4.69, 9.17) is 10.2 Å². The normalized spacial score (nSPS) is 11.6. The number of carbonyl (C=O) groups is 2. The van der Waals surface area contributed by atoms with Crippen molar-refractivity contribution in [3.05, 3.63) is 12.2 Å². The number of rotatable bonds is 43. The fraction of sp³-hybridized carbons (Fsp3) is 0.911. The Bertz CT molecular complexity index is 688. The van der Waals surface area contributed by atoms with Gasteiger partial charge in [0.15, 0.2) is 0 Å². The molecule has 0 amide bonds. The molecule has 0 spiro atoms. The van der Waals surface area contributed by atoms with Crippen LogP contribution in [-0.4, -0.2) is 22.2 Å². The predicted octanol–water partition coefficient (Wildman–Crippen LogP) is 15.7. The zero-order valence-corrected chi connectivity index (χ0v) is 32.9. The molecule has 4 nitrogen and oxygen atoms in total. The van der Waals surface area contributed by atoms with E-state index in [0.29, 0.717) is 6.42 Å². The molecule has 49 heavy (non-hydrogen) atoms. The van der Waals surface area contributed by atoms with Gasteiger partial charge in [0.1, 0.15) is 0 Å². The van der Waals surface area contributed by atoms with E-state index < -0.39 is 11.9 Å². The number of hydrogen-bond donors (Lipinski definition) is 2. The summed E-state index contributed by atoms with van der Waals surface area (Å²) in [5, 5.41) is 17.2. The molecule has 0 aromatic rings. The van der Waals surface area contributed by atoms with Crippen LogP contribution in [0, 0.1) is 0 Å². The second kappa shape index (κ2) is 42.8. The maximum Gasteiger partial charge on any atom is 0.327 e. The Labute approximate surface area is 306 Å². The number of hydrogen-bond acceptors (Lipinski definition) is 2. The highest BCUT2D eigenvalue weighted by molar-refractivity contribution is 5.79. The first-order valence-corrected chi connectivity index (χ1v) is 22.2. The summed E-state index contributed by atoms with van der Waals surface area (Å²) in [5.41, 5.74) is 0. The topological polar surface area (TPSA) is 74.6 Å². The molecule has 0 saturated carbocycles. The third-order valence-corrected chi connectivity index (χ3v) is 10.5. The molecule has 0 aliphatic carbocycles. The molecular weight excluding hydrogens is 604 g/mol. The van der Waals surface area contributed by atoms with Crippen molar-refractivity contribution >= 4 is 11.9 Å². The maximum absolute atomic E-state index is 10.5. The standard InChI is InChI=1S/C45H86O4/c46-44(47)42-40-38-36-34-32-30-28-26-24-22-20-18-16-14-12-10-8-6-4-2-1-3-5-7-9-11-13-15-17-19-21-23-25-27-29-31-33-35-37-39-41-43-45(48)49/h40,42H,1-39,41,43H2,(H,46,47)(H,48,49). The Morgan fingerprint density at radius 2 is 0.469 bits per heavy atom. The summed E-state index contributed by atoms with van der Waals surface area (Å²) in [5.74, 6) is -1.48. The van der Waals surface area contributed by atoms with Crippen LogP contribution in [0.15, 0.2) is 12.2 Å². The molecule has 2 N–H and O–H groups in total. The first-order valence-electron chi connectivity index (χ1n) is 22.2. The lowest BCUT2D eigenvalue weighted by Gasteiger charge is -2.05. The van der Waals surface area contributed by atoms with Crippen molar-refractivity contribution in [2.75, 3.05) is 0 Å². The molecule has 0 saturated heterocycles. The highest BCUT2D eigenvalue weighted by Gasteiger charge is 1.99. The number of allylic oxidation sites excluding steroid dienone is 1. The quantitative estimate of drug-likeness (QED) is 0.0493. The van der Waals surface area contributed by atoms with Gasteiger partial charge in [0.25, 0.3) is 0 Å². The largest absolute Gasteiger partial charge is 0.481 e. The average molecular weight is 691 g/mol. The molecule has 0 fully saturated rings. The smallest absolute Gasteiger partial charge is 0.327 e. The Balaban J connectivity index is 3.07. The SMILES string of the molecule is O=C(O)C=CCCCCCCCCCCCCCCCCCCCCCCCCCCCCCCCCCCCCCCCCCC(=O)O. The van der Waals surface area contributed by atoms with Crippen molar-refractivity contribution in [2.45, 2.75) is 263 Å². The van der Waals surface area contributed by atoms with Gasteiger partial charge in [-0.05, 0) is 19.3 Å². The molecule has 0 aromatic carbocycles. The van der Waals surface area contributed by atoms with Gasteiger partial charge in [-0.1, -0.05) is 244 Å². The van der Waals surface area contributed by atoms with Crippen molar-refractivity contribution in [1.29, 1.82) is 0 Å². The summed E-state index contributed by atoms with van der Waals surface area (Å²) >= 11 is 0. The Morgan fingerprint density at radius 3 is 0.653 bits per heavy atom. The van der Waals surface area contributed by atoms with Crippen LogP contribution in [0.2, 0.25) is 0 Å². The minimum absolute atomic E-state index is 0.342. The van der Waals surface area contributed by atoms with Crippen LogP contribution in [0.1, 0.15) is 263 Å². The van der Waals surface area contributed by atoms with Gasteiger partial charge in [0.05, 0.1) is 0 Å². The summed E-state index contributed by atoms with van der Waals surface area (Å²) < 4.78 is 0. The molecule has 0 aliphatic rings. The van der Waals surface area contributed by atoms with E-state index in [-0.39, 0.29) is 0 Å². The molecule has 0 atom stereocenters. The van der Waals surface area contributed by atoms with E-state index >= 15 is 0 Å². The zero-order chi connectivity index (χ0) is 35.6. The summed E-state index contributed by atoms with van der Waals surface area (Å²) in [6, 6.07) is 0. The van der Waals surface area contributed by atoms with Gasteiger partial charge in [-0.15, -0.1) is 0 Å². The molecule has 0 heterocycles. The van der Waals surface area contributed by atoms with Crippen molar-refractivity contribution < 1.29 is 19.8 Å². The van der Waals surface area contributed by atoms with Crippen LogP contribution in [0.3, 0.4) is 0 Å². The van der Waals surface area contributed by atoms with Crippen LogP contribution in [0.5, 0.6) is 0 Å². The lowest BCUT2D eigenvalue weighted by molar-refractivity contribution is -0.137. The van der Waals surface area contributed by atoms with Gasteiger partial charge in [-0.3, -0.25) is 4.79 Å². The van der Waals surface area contributed by atoms with Crippen LogP contribution in [-0.2, 0) is 9.59 Å². The van der Waals surface area contributed by atoms with Crippen molar-refractivity contribution in [2.24, 2.45) is 0 Å². The molecule has 290 valence electrons. The van der Waals surface area contributed by atoms with E-state index in [9.17, 15) is 9.59 Å². The monoisotopic (exact) mass is 691 g/mol. The summed E-state index contributed by atoms with van der Waals surface area (Å²) in [4.78, 5) is 20.9. The molecule has 0 aliphatic heterocycles. The third-order valence-electron chi connectivity index (χ3n) is 10.5. The summed E-state index contributed by atoms with van der Waals surface area (Å²) in [6.07, 6.45) is 58.2. The molecule has 0 aromatic heterocycles. The Morgan fingerprint density at radius 1 is 0.286 bits per heavy atom. The fourth-order valence-electron chi connectivity index (χ4n) is 7.26. The van der Waals surface area contributed by atoms with Crippen molar-refractivity contribution in [1.82, 2.24) is 0 Å².